The standard InChI is InChI=1S/C15H20BrN3/c16-13-4-5-15(17-6-13)19-9-14(10-19)18-7-11-2-1-3-12(11)8-18/h4-6,11-12,14H,1-3,7-10H2. The average molecular weight is 322 g/mol. The fourth-order valence-electron chi connectivity index (χ4n) is 4.00. The first-order valence-electron chi connectivity index (χ1n) is 7.40. The van der Waals surface area contributed by atoms with E-state index in [9.17, 15) is 0 Å². The molecule has 1 aromatic heterocycles. The Balaban J connectivity index is 1.34. The first kappa shape index (κ1) is 12.2. The number of nitrogens with zero attached hydrogens (tertiary/aromatic N) is 3. The second-order valence-electron chi connectivity index (χ2n) is 6.30. The molecule has 3 heterocycles. The van der Waals surface area contributed by atoms with Crippen molar-refractivity contribution in [2.75, 3.05) is 31.1 Å². The molecule has 0 radical (unpaired) electrons. The van der Waals surface area contributed by atoms with E-state index in [0.717, 1.165) is 41.3 Å². The number of halogens is 1. The quantitative estimate of drug-likeness (QED) is 0.835. The molecule has 2 aliphatic heterocycles. The van der Waals surface area contributed by atoms with Crippen LogP contribution < -0.4 is 4.90 Å². The highest BCUT2D eigenvalue weighted by Crippen LogP contribution is 2.39. The zero-order chi connectivity index (χ0) is 12.8. The second kappa shape index (κ2) is 4.74. The van der Waals surface area contributed by atoms with Crippen LogP contribution in [0.25, 0.3) is 0 Å². The van der Waals surface area contributed by atoms with E-state index in [1.54, 1.807) is 0 Å². The molecule has 0 spiro atoms. The summed E-state index contributed by atoms with van der Waals surface area (Å²) >= 11 is 3.44. The van der Waals surface area contributed by atoms with Crippen LogP contribution in [0.1, 0.15) is 19.3 Å². The molecule has 0 amide bonds. The molecule has 1 saturated carbocycles. The van der Waals surface area contributed by atoms with Gasteiger partial charge in [-0.15, -0.1) is 0 Å². The SMILES string of the molecule is Brc1ccc(N2CC(N3CC4CCCC4C3)C2)nc1. The van der Waals surface area contributed by atoms with Crippen molar-refractivity contribution >= 4 is 21.7 Å². The number of pyridine rings is 1. The van der Waals surface area contributed by atoms with Crippen LogP contribution in [0.3, 0.4) is 0 Å². The molecular weight excluding hydrogens is 302 g/mol. The Kier molecular flexibility index (Phi) is 3.03. The Hall–Kier alpha value is -0.610. The van der Waals surface area contributed by atoms with Crippen molar-refractivity contribution in [1.82, 2.24) is 9.88 Å². The Bertz CT molecular complexity index is 443. The summed E-state index contributed by atoms with van der Waals surface area (Å²) in [5.41, 5.74) is 0. The van der Waals surface area contributed by atoms with Gasteiger partial charge in [-0.2, -0.15) is 0 Å². The number of fused-ring (bicyclic) bond motifs is 1. The topological polar surface area (TPSA) is 19.4 Å². The van der Waals surface area contributed by atoms with E-state index < -0.39 is 0 Å². The maximum absolute atomic E-state index is 4.48. The third-order valence-corrected chi connectivity index (χ3v) is 5.64. The van der Waals surface area contributed by atoms with E-state index >= 15 is 0 Å². The molecule has 1 aliphatic carbocycles. The monoisotopic (exact) mass is 321 g/mol. The van der Waals surface area contributed by atoms with Gasteiger partial charge in [-0.3, -0.25) is 4.90 Å². The summed E-state index contributed by atoms with van der Waals surface area (Å²) in [6.45, 7) is 5.04. The van der Waals surface area contributed by atoms with Crippen molar-refractivity contribution < 1.29 is 0 Å². The van der Waals surface area contributed by atoms with Gasteiger partial charge in [0.05, 0.1) is 0 Å². The molecule has 19 heavy (non-hydrogen) atoms. The molecule has 2 saturated heterocycles. The minimum absolute atomic E-state index is 0.774. The summed E-state index contributed by atoms with van der Waals surface area (Å²) < 4.78 is 1.06. The zero-order valence-corrected chi connectivity index (χ0v) is 12.7. The van der Waals surface area contributed by atoms with Crippen LogP contribution >= 0.6 is 15.9 Å². The van der Waals surface area contributed by atoms with E-state index in [4.69, 9.17) is 0 Å². The van der Waals surface area contributed by atoms with Gasteiger partial charge in [0, 0.05) is 42.9 Å². The van der Waals surface area contributed by atoms with Gasteiger partial charge in [-0.05, 0) is 52.7 Å². The van der Waals surface area contributed by atoms with Crippen LogP contribution in [0.2, 0.25) is 0 Å². The first-order valence-corrected chi connectivity index (χ1v) is 8.19. The van der Waals surface area contributed by atoms with Crippen LogP contribution in [0.15, 0.2) is 22.8 Å². The lowest BCUT2D eigenvalue weighted by atomic mass is 10.0. The number of hydrogen-bond acceptors (Lipinski definition) is 3. The smallest absolute Gasteiger partial charge is 0.128 e. The van der Waals surface area contributed by atoms with Crippen LogP contribution in [-0.2, 0) is 0 Å². The summed E-state index contributed by atoms with van der Waals surface area (Å²) in [5.74, 6) is 3.15. The van der Waals surface area contributed by atoms with Crippen molar-refractivity contribution in [2.45, 2.75) is 25.3 Å². The molecule has 1 aromatic rings. The number of likely N-dealkylation sites (tertiary alicyclic amines) is 1. The summed E-state index contributed by atoms with van der Waals surface area (Å²) in [6, 6.07) is 4.96. The molecule has 3 aliphatic rings. The lowest BCUT2D eigenvalue weighted by Gasteiger charge is -2.45. The molecule has 2 unspecified atom stereocenters. The molecule has 2 atom stereocenters. The van der Waals surface area contributed by atoms with Crippen molar-refractivity contribution in [3.63, 3.8) is 0 Å². The van der Waals surface area contributed by atoms with E-state index in [2.05, 4.69) is 42.8 Å². The van der Waals surface area contributed by atoms with Gasteiger partial charge >= 0.3 is 0 Å². The fourth-order valence-corrected chi connectivity index (χ4v) is 4.23. The minimum atomic E-state index is 0.774. The zero-order valence-electron chi connectivity index (χ0n) is 11.1. The second-order valence-corrected chi connectivity index (χ2v) is 7.21. The molecule has 4 heteroatoms. The average Bonchev–Trinajstić information content (AvgIpc) is 2.90. The Morgan fingerprint density at radius 3 is 2.42 bits per heavy atom. The highest BCUT2D eigenvalue weighted by Gasteiger charge is 2.42. The van der Waals surface area contributed by atoms with Gasteiger partial charge in [-0.1, -0.05) is 6.42 Å². The minimum Gasteiger partial charge on any atom is -0.353 e. The first-order chi connectivity index (χ1) is 9.29. The third-order valence-electron chi connectivity index (χ3n) is 5.17. The van der Waals surface area contributed by atoms with Gasteiger partial charge < -0.3 is 4.90 Å². The molecule has 0 aromatic carbocycles. The largest absolute Gasteiger partial charge is 0.353 e. The van der Waals surface area contributed by atoms with E-state index in [1.165, 1.54) is 32.4 Å². The normalized spacial score (nSPS) is 31.5. The Morgan fingerprint density at radius 1 is 1.05 bits per heavy atom. The highest BCUT2D eigenvalue weighted by atomic mass is 79.9. The predicted octanol–water partition coefficient (Wildman–Crippen LogP) is 2.76. The summed E-state index contributed by atoms with van der Waals surface area (Å²) in [4.78, 5) is 9.61. The number of hydrogen-bond donors (Lipinski definition) is 0. The molecule has 0 N–H and O–H groups in total. The lowest BCUT2D eigenvalue weighted by Crippen LogP contribution is -2.59. The van der Waals surface area contributed by atoms with Crippen molar-refractivity contribution in [3.05, 3.63) is 22.8 Å². The van der Waals surface area contributed by atoms with Crippen molar-refractivity contribution in [3.8, 4) is 0 Å². The van der Waals surface area contributed by atoms with Crippen LogP contribution in [0, 0.1) is 11.8 Å². The van der Waals surface area contributed by atoms with E-state index in [0.29, 0.717) is 0 Å². The maximum atomic E-state index is 4.48. The van der Waals surface area contributed by atoms with Gasteiger partial charge in [0.1, 0.15) is 5.82 Å². The van der Waals surface area contributed by atoms with Gasteiger partial charge in [0.15, 0.2) is 0 Å². The third kappa shape index (κ3) is 2.19. The van der Waals surface area contributed by atoms with Crippen molar-refractivity contribution in [1.29, 1.82) is 0 Å². The number of aromatic nitrogens is 1. The predicted molar refractivity (Wildman–Crippen MR) is 80.3 cm³/mol. The number of anilines is 1. The Labute approximate surface area is 123 Å². The van der Waals surface area contributed by atoms with Crippen molar-refractivity contribution in [2.24, 2.45) is 11.8 Å². The van der Waals surface area contributed by atoms with E-state index in [-0.39, 0.29) is 0 Å². The molecular formula is C15H20BrN3. The Morgan fingerprint density at radius 2 is 1.79 bits per heavy atom. The molecule has 102 valence electrons. The number of rotatable bonds is 2. The van der Waals surface area contributed by atoms with Gasteiger partial charge in [-0.25, -0.2) is 4.98 Å². The molecule has 4 rings (SSSR count). The lowest BCUT2D eigenvalue weighted by molar-refractivity contribution is 0.190. The van der Waals surface area contributed by atoms with Gasteiger partial charge in [0.25, 0.3) is 0 Å². The van der Waals surface area contributed by atoms with Crippen LogP contribution in [0.5, 0.6) is 0 Å². The maximum Gasteiger partial charge on any atom is 0.128 e. The molecule has 3 nitrogen and oxygen atoms in total. The van der Waals surface area contributed by atoms with Crippen LogP contribution in [0.4, 0.5) is 5.82 Å². The van der Waals surface area contributed by atoms with E-state index in [1.807, 2.05) is 6.20 Å². The van der Waals surface area contributed by atoms with Crippen LogP contribution in [-0.4, -0.2) is 42.1 Å². The summed E-state index contributed by atoms with van der Waals surface area (Å²) in [5, 5.41) is 0. The molecule has 3 fully saturated rings. The van der Waals surface area contributed by atoms with Gasteiger partial charge in [0.2, 0.25) is 0 Å². The summed E-state index contributed by atoms with van der Waals surface area (Å²) in [7, 11) is 0. The highest BCUT2D eigenvalue weighted by molar-refractivity contribution is 9.10. The fraction of sp³-hybridized carbons (Fsp3) is 0.667. The summed E-state index contributed by atoms with van der Waals surface area (Å²) in [6.07, 6.45) is 6.32. The molecule has 0 bridgehead atoms.